The maximum Gasteiger partial charge on any atom is 0.356 e. The van der Waals surface area contributed by atoms with Crippen molar-refractivity contribution in [2.45, 2.75) is 25.8 Å². The Balaban J connectivity index is 1.66. The van der Waals surface area contributed by atoms with E-state index in [9.17, 15) is 14.4 Å². The van der Waals surface area contributed by atoms with Gasteiger partial charge in [0.2, 0.25) is 5.91 Å². The number of ether oxygens (including phenoxy) is 1. The number of aryl methyl sites for hydroxylation is 1. The van der Waals surface area contributed by atoms with E-state index >= 15 is 0 Å². The fourth-order valence-corrected chi connectivity index (χ4v) is 4.01. The molecule has 0 aromatic carbocycles. The van der Waals surface area contributed by atoms with Crippen LogP contribution in [-0.2, 0) is 16.6 Å². The third kappa shape index (κ3) is 4.03. The topological polar surface area (TPSA) is 119 Å². The minimum absolute atomic E-state index is 0.0862. The Bertz CT molecular complexity index is 1160. The second-order valence-electron chi connectivity index (χ2n) is 7.73. The van der Waals surface area contributed by atoms with Gasteiger partial charge < -0.3 is 29.3 Å². The number of methoxy groups -OCH3 is 1. The summed E-state index contributed by atoms with van der Waals surface area (Å²) in [5.74, 6) is -0.866. The Kier molecular flexibility index (Phi) is 5.85. The van der Waals surface area contributed by atoms with Crippen LogP contribution in [0.2, 0.25) is 0 Å². The molecular weight excluding hydrogens is 414 g/mol. The van der Waals surface area contributed by atoms with E-state index in [-0.39, 0.29) is 23.4 Å². The van der Waals surface area contributed by atoms with E-state index in [1.165, 1.54) is 19.4 Å². The van der Waals surface area contributed by atoms with Gasteiger partial charge in [-0.25, -0.2) is 9.78 Å². The number of hydrogen-bond donors (Lipinski definition) is 2. The first kappa shape index (κ1) is 21.4. The zero-order chi connectivity index (χ0) is 22.8. The number of amides is 2. The van der Waals surface area contributed by atoms with Gasteiger partial charge in [-0.2, -0.15) is 0 Å². The summed E-state index contributed by atoms with van der Waals surface area (Å²) in [5, 5.41) is 6.83. The molecule has 1 aliphatic rings. The second-order valence-corrected chi connectivity index (χ2v) is 7.73. The van der Waals surface area contributed by atoms with Crippen LogP contribution in [0.15, 0.2) is 35.1 Å². The lowest BCUT2D eigenvalue weighted by atomic mass is 10.0. The van der Waals surface area contributed by atoms with Gasteiger partial charge in [0.05, 0.1) is 30.9 Å². The zero-order valence-corrected chi connectivity index (χ0v) is 18.2. The molecule has 0 aliphatic carbocycles. The highest BCUT2D eigenvalue weighted by atomic mass is 16.5. The molecule has 3 aromatic rings. The number of likely N-dealkylation sites (tertiary alicyclic amines) is 1. The normalized spacial score (nSPS) is 14.4. The Hall–Kier alpha value is -3.82. The lowest BCUT2D eigenvalue weighted by molar-refractivity contribution is -0.129. The molecule has 1 saturated heterocycles. The molecule has 10 nitrogen and oxygen atoms in total. The van der Waals surface area contributed by atoms with E-state index < -0.39 is 11.9 Å². The molecule has 1 fully saturated rings. The molecule has 0 atom stereocenters. The summed E-state index contributed by atoms with van der Waals surface area (Å²) >= 11 is 0. The number of piperidine rings is 1. The van der Waals surface area contributed by atoms with Crippen molar-refractivity contribution in [3.63, 3.8) is 0 Å². The molecule has 2 N–H and O–H groups in total. The van der Waals surface area contributed by atoms with E-state index in [1.54, 1.807) is 30.8 Å². The third-order valence-electron chi connectivity index (χ3n) is 5.70. The number of furan rings is 1. The number of esters is 1. The summed E-state index contributed by atoms with van der Waals surface area (Å²) in [7, 11) is 2.97. The Morgan fingerprint density at radius 1 is 1.25 bits per heavy atom. The molecule has 4 rings (SSSR count). The Labute approximate surface area is 184 Å². The largest absolute Gasteiger partial charge is 0.464 e. The van der Waals surface area contributed by atoms with Crippen molar-refractivity contribution < 1.29 is 23.5 Å². The summed E-state index contributed by atoms with van der Waals surface area (Å²) in [6.07, 6.45) is 4.74. The zero-order valence-electron chi connectivity index (χ0n) is 18.2. The molecule has 168 valence electrons. The van der Waals surface area contributed by atoms with Crippen molar-refractivity contribution in [2.75, 3.05) is 30.8 Å². The van der Waals surface area contributed by atoms with Gasteiger partial charge in [-0.1, -0.05) is 0 Å². The molecule has 0 spiro atoms. The Morgan fingerprint density at radius 2 is 2.00 bits per heavy atom. The van der Waals surface area contributed by atoms with Crippen molar-refractivity contribution in [3.8, 4) is 0 Å². The van der Waals surface area contributed by atoms with Gasteiger partial charge in [0.1, 0.15) is 5.65 Å². The average molecular weight is 439 g/mol. The first-order valence-electron chi connectivity index (χ1n) is 10.3. The standard InChI is InChI=1S/C22H25N5O5/c1-13(28)27-8-6-14(7-9-27)24-15-11-16-18(25-21(29)17-5-4-10-32-17)19(22(30)31-3)26(2)20(16)23-12-15/h4-5,10-12,14,24H,6-9H2,1-3H3,(H,25,29). The molecule has 1 aliphatic heterocycles. The number of carbonyl (C=O) groups excluding carboxylic acids is 3. The van der Waals surface area contributed by atoms with Crippen molar-refractivity contribution in [2.24, 2.45) is 7.05 Å². The molecule has 2 amide bonds. The first-order valence-corrected chi connectivity index (χ1v) is 10.3. The van der Waals surface area contributed by atoms with Gasteiger partial charge in [0.15, 0.2) is 11.5 Å². The van der Waals surface area contributed by atoms with Crippen LogP contribution < -0.4 is 10.6 Å². The third-order valence-corrected chi connectivity index (χ3v) is 5.70. The van der Waals surface area contributed by atoms with Gasteiger partial charge in [-0.3, -0.25) is 9.59 Å². The molecule has 0 bridgehead atoms. The van der Waals surface area contributed by atoms with Crippen LogP contribution in [-0.4, -0.2) is 58.5 Å². The van der Waals surface area contributed by atoms with Crippen molar-refractivity contribution >= 4 is 40.2 Å². The first-order chi connectivity index (χ1) is 15.4. The highest BCUT2D eigenvalue weighted by molar-refractivity contribution is 6.14. The van der Waals surface area contributed by atoms with Crippen molar-refractivity contribution in [1.82, 2.24) is 14.5 Å². The number of nitrogens with one attached hydrogen (secondary N) is 2. The summed E-state index contributed by atoms with van der Waals surface area (Å²) in [6, 6.07) is 5.19. The summed E-state index contributed by atoms with van der Waals surface area (Å²) in [5.41, 5.74) is 1.77. The summed E-state index contributed by atoms with van der Waals surface area (Å²) in [6.45, 7) is 2.98. The molecular formula is C22H25N5O5. The van der Waals surface area contributed by atoms with Crippen LogP contribution in [0, 0.1) is 0 Å². The van der Waals surface area contributed by atoms with Gasteiger partial charge in [-0.05, 0) is 31.0 Å². The molecule has 3 aromatic heterocycles. The van der Waals surface area contributed by atoms with Gasteiger partial charge >= 0.3 is 5.97 Å². The van der Waals surface area contributed by atoms with E-state index in [4.69, 9.17) is 9.15 Å². The van der Waals surface area contributed by atoms with Crippen LogP contribution in [0.1, 0.15) is 40.8 Å². The van der Waals surface area contributed by atoms with Crippen LogP contribution in [0.4, 0.5) is 11.4 Å². The number of carbonyl (C=O) groups is 3. The summed E-state index contributed by atoms with van der Waals surface area (Å²) in [4.78, 5) is 43.0. The lowest BCUT2D eigenvalue weighted by Gasteiger charge is -2.32. The highest BCUT2D eigenvalue weighted by Gasteiger charge is 2.26. The minimum atomic E-state index is -0.591. The molecule has 32 heavy (non-hydrogen) atoms. The van der Waals surface area contributed by atoms with Crippen molar-refractivity contribution in [3.05, 3.63) is 42.1 Å². The van der Waals surface area contributed by atoms with E-state index in [0.29, 0.717) is 29.8 Å². The SMILES string of the molecule is COC(=O)c1c(NC(=O)c2ccco2)c2cc(NC3CCN(C(C)=O)CC3)cnc2n1C. The smallest absolute Gasteiger partial charge is 0.356 e. The van der Waals surface area contributed by atoms with Crippen LogP contribution in [0.25, 0.3) is 11.0 Å². The quantitative estimate of drug-likeness (QED) is 0.587. The monoisotopic (exact) mass is 439 g/mol. The number of fused-ring (bicyclic) bond motifs is 1. The molecule has 0 radical (unpaired) electrons. The predicted octanol–water partition coefficient (Wildman–Crippen LogP) is 2.63. The second kappa shape index (κ2) is 8.74. The maximum atomic E-state index is 12.6. The number of rotatable bonds is 5. The van der Waals surface area contributed by atoms with Crippen LogP contribution in [0.5, 0.6) is 0 Å². The Morgan fingerprint density at radius 3 is 2.62 bits per heavy atom. The number of aromatic nitrogens is 2. The van der Waals surface area contributed by atoms with E-state index in [0.717, 1.165) is 18.5 Å². The molecule has 10 heteroatoms. The van der Waals surface area contributed by atoms with Crippen LogP contribution >= 0.6 is 0 Å². The van der Waals surface area contributed by atoms with Gasteiger partial charge in [-0.15, -0.1) is 0 Å². The molecule has 4 heterocycles. The fraction of sp³-hybridized carbons (Fsp3) is 0.364. The number of anilines is 2. The number of pyridine rings is 1. The molecule has 0 saturated carbocycles. The van der Waals surface area contributed by atoms with Gasteiger partial charge in [0.25, 0.3) is 5.91 Å². The minimum Gasteiger partial charge on any atom is -0.464 e. The molecule has 0 unspecified atom stereocenters. The highest BCUT2D eigenvalue weighted by Crippen LogP contribution is 2.32. The van der Waals surface area contributed by atoms with E-state index in [2.05, 4.69) is 15.6 Å². The van der Waals surface area contributed by atoms with Crippen LogP contribution in [0.3, 0.4) is 0 Å². The summed E-state index contributed by atoms with van der Waals surface area (Å²) < 4.78 is 11.7. The van der Waals surface area contributed by atoms with E-state index in [1.807, 2.05) is 11.0 Å². The van der Waals surface area contributed by atoms with Gasteiger partial charge in [0, 0.05) is 38.5 Å². The lowest BCUT2D eigenvalue weighted by Crippen LogP contribution is -2.41. The number of nitrogens with zero attached hydrogens (tertiary/aromatic N) is 3. The van der Waals surface area contributed by atoms with Crippen molar-refractivity contribution in [1.29, 1.82) is 0 Å². The number of hydrogen-bond acceptors (Lipinski definition) is 7. The fourth-order valence-electron chi connectivity index (χ4n) is 4.01. The average Bonchev–Trinajstić information content (AvgIpc) is 3.41. The predicted molar refractivity (Wildman–Crippen MR) is 118 cm³/mol. The maximum absolute atomic E-state index is 12.6.